The molecule has 0 unspecified atom stereocenters. The SMILES string of the molecule is CCCN(CC(=O)NCCc1ccc(S(N)(=O)=O)cc1)CC(=O)N(C)C. The van der Waals surface area contributed by atoms with Gasteiger partial charge in [0.2, 0.25) is 21.8 Å². The van der Waals surface area contributed by atoms with Gasteiger partial charge in [-0.1, -0.05) is 19.1 Å². The maximum absolute atomic E-state index is 12.1. The van der Waals surface area contributed by atoms with E-state index in [1.165, 1.54) is 17.0 Å². The molecule has 1 aromatic rings. The molecule has 0 aliphatic rings. The summed E-state index contributed by atoms with van der Waals surface area (Å²) < 4.78 is 22.4. The highest BCUT2D eigenvalue weighted by Crippen LogP contribution is 2.08. The predicted molar refractivity (Wildman–Crippen MR) is 100.0 cm³/mol. The molecule has 0 atom stereocenters. The number of carbonyl (C=O) groups is 2. The molecule has 0 radical (unpaired) electrons. The Bertz CT molecular complexity index is 702. The minimum absolute atomic E-state index is 0.0406. The van der Waals surface area contributed by atoms with E-state index < -0.39 is 10.0 Å². The quantitative estimate of drug-likeness (QED) is 0.580. The van der Waals surface area contributed by atoms with E-state index in [4.69, 9.17) is 5.14 Å². The van der Waals surface area contributed by atoms with Crippen molar-refractivity contribution in [1.82, 2.24) is 15.1 Å². The summed E-state index contributed by atoms with van der Waals surface area (Å²) in [6.07, 6.45) is 1.42. The average Bonchev–Trinajstić information content (AvgIpc) is 2.54. The van der Waals surface area contributed by atoms with Crippen LogP contribution in [0.2, 0.25) is 0 Å². The number of nitrogens with one attached hydrogen (secondary N) is 1. The van der Waals surface area contributed by atoms with Gasteiger partial charge in [-0.05, 0) is 37.1 Å². The van der Waals surface area contributed by atoms with Crippen LogP contribution in [0.25, 0.3) is 0 Å². The molecule has 0 saturated heterocycles. The first kappa shape index (κ1) is 22.1. The second-order valence-electron chi connectivity index (χ2n) is 6.29. The van der Waals surface area contributed by atoms with Crippen molar-refractivity contribution in [3.8, 4) is 0 Å². The molecular weight excluding hydrogens is 356 g/mol. The molecule has 0 aliphatic carbocycles. The van der Waals surface area contributed by atoms with E-state index >= 15 is 0 Å². The van der Waals surface area contributed by atoms with Crippen LogP contribution in [0.5, 0.6) is 0 Å². The lowest BCUT2D eigenvalue weighted by Crippen LogP contribution is -2.43. The van der Waals surface area contributed by atoms with Crippen molar-refractivity contribution < 1.29 is 18.0 Å². The fourth-order valence-corrected chi connectivity index (χ4v) is 2.83. The molecular formula is C17H28N4O4S. The molecule has 0 saturated carbocycles. The van der Waals surface area contributed by atoms with E-state index in [9.17, 15) is 18.0 Å². The number of amides is 2. The van der Waals surface area contributed by atoms with Gasteiger partial charge < -0.3 is 10.2 Å². The molecule has 146 valence electrons. The van der Waals surface area contributed by atoms with Gasteiger partial charge in [0.05, 0.1) is 18.0 Å². The third-order valence-electron chi connectivity index (χ3n) is 3.75. The Labute approximate surface area is 155 Å². The highest BCUT2D eigenvalue weighted by atomic mass is 32.2. The third-order valence-corrected chi connectivity index (χ3v) is 4.68. The van der Waals surface area contributed by atoms with Crippen molar-refractivity contribution >= 4 is 21.8 Å². The summed E-state index contributed by atoms with van der Waals surface area (Å²) in [6.45, 7) is 3.47. The molecule has 26 heavy (non-hydrogen) atoms. The van der Waals surface area contributed by atoms with Crippen LogP contribution < -0.4 is 10.5 Å². The van der Waals surface area contributed by atoms with Crippen molar-refractivity contribution in [1.29, 1.82) is 0 Å². The maximum atomic E-state index is 12.1. The lowest BCUT2D eigenvalue weighted by atomic mass is 10.1. The summed E-state index contributed by atoms with van der Waals surface area (Å²) in [4.78, 5) is 27.3. The molecule has 2 amide bonds. The number of hydrogen-bond donors (Lipinski definition) is 2. The summed E-state index contributed by atoms with van der Waals surface area (Å²) >= 11 is 0. The Balaban J connectivity index is 2.46. The van der Waals surface area contributed by atoms with Crippen LogP contribution in [0.15, 0.2) is 29.2 Å². The van der Waals surface area contributed by atoms with Gasteiger partial charge >= 0.3 is 0 Å². The first-order valence-electron chi connectivity index (χ1n) is 8.44. The Morgan fingerprint density at radius 1 is 1.12 bits per heavy atom. The number of nitrogens with two attached hydrogens (primary N) is 1. The maximum Gasteiger partial charge on any atom is 0.238 e. The van der Waals surface area contributed by atoms with Crippen LogP contribution in [0.4, 0.5) is 0 Å². The van der Waals surface area contributed by atoms with Crippen LogP contribution in [0, 0.1) is 0 Å². The lowest BCUT2D eigenvalue weighted by Gasteiger charge is -2.22. The molecule has 1 rings (SSSR count). The Kier molecular flexibility index (Phi) is 8.70. The Morgan fingerprint density at radius 2 is 1.73 bits per heavy atom. The number of primary sulfonamides is 1. The van der Waals surface area contributed by atoms with Crippen molar-refractivity contribution in [2.75, 3.05) is 40.3 Å². The molecule has 0 spiro atoms. The molecule has 8 nitrogen and oxygen atoms in total. The van der Waals surface area contributed by atoms with Crippen LogP contribution in [0.1, 0.15) is 18.9 Å². The van der Waals surface area contributed by atoms with Gasteiger partial charge in [0.15, 0.2) is 0 Å². The highest BCUT2D eigenvalue weighted by molar-refractivity contribution is 7.89. The van der Waals surface area contributed by atoms with Gasteiger partial charge in [0.25, 0.3) is 0 Å². The molecule has 9 heteroatoms. The van der Waals surface area contributed by atoms with Gasteiger partial charge in [-0.25, -0.2) is 13.6 Å². The second kappa shape index (κ2) is 10.2. The molecule has 3 N–H and O–H groups in total. The number of benzene rings is 1. The highest BCUT2D eigenvalue weighted by Gasteiger charge is 2.15. The van der Waals surface area contributed by atoms with E-state index in [0.717, 1.165) is 12.0 Å². The van der Waals surface area contributed by atoms with Crippen molar-refractivity contribution in [3.05, 3.63) is 29.8 Å². The van der Waals surface area contributed by atoms with E-state index in [1.807, 2.05) is 11.8 Å². The number of likely N-dealkylation sites (N-methyl/N-ethyl adjacent to an activating group) is 1. The van der Waals surface area contributed by atoms with Crippen LogP contribution >= 0.6 is 0 Å². The van der Waals surface area contributed by atoms with Gasteiger partial charge in [0.1, 0.15) is 0 Å². The minimum atomic E-state index is -3.69. The normalized spacial score (nSPS) is 11.4. The molecule has 0 heterocycles. The van der Waals surface area contributed by atoms with Crippen LogP contribution in [-0.2, 0) is 26.0 Å². The van der Waals surface area contributed by atoms with Crippen LogP contribution in [-0.4, -0.2) is 70.3 Å². The first-order chi connectivity index (χ1) is 12.1. The molecule has 0 aromatic heterocycles. The number of hydrogen-bond acceptors (Lipinski definition) is 5. The Hall–Kier alpha value is -1.97. The fourth-order valence-electron chi connectivity index (χ4n) is 2.31. The van der Waals surface area contributed by atoms with Gasteiger partial charge in [-0.2, -0.15) is 0 Å². The monoisotopic (exact) mass is 384 g/mol. The predicted octanol–water partition coefficient (Wildman–Crippen LogP) is -0.207. The minimum Gasteiger partial charge on any atom is -0.355 e. The van der Waals surface area contributed by atoms with Gasteiger partial charge in [0, 0.05) is 20.6 Å². The summed E-state index contributed by atoms with van der Waals surface area (Å²) in [5, 5.41) is 7.87. The zero-order chi connectivity index (χ0) is 19.7. The summed E-state index contributed by atoms with van der Waals surface area (Å²) in [7, 11) is -0.319. The number of sulfonamides is 1. The number of nitrogens with zero attached hydrogens (tertiary/aromatic N) is 2. The van der Waals surface area contributed by atoms with E-state index in [0.29, 0.717) is 19.5 Å². The van der Waals surface area contributed by atoms with Gasteiger partial charge in [-0.15, -0.1) is 0 Å². The second-order valence-corrected chi connectivity index (χ2v) is 7.85. The van der Waals surface area contributed by atoms with Crippen molar-refractivity contribution in [2.24, 2.45) is 5.14 Å². The van der Waals surface area contributed by atoms with Crippen molar-refractivity contribution in [2.45, 2.75) is 24.7 Å². The van der Waals surface area contributed by atoms with Crippen molar-refractivity contribution in [3.63, 3.8) is 0 Å². The molecule has 0 bridgehead atoms. The molecule has 0 aliphatic heterocycles. The zero-order valence-electron chi connectivity index (χ0n) is 15.6. The topological polar surface area (TPSA) is 113 Å². The summed E-state index contributed by atoms with van der Waals surface area (Å²) in [5.41, 5.74) is 0.894. The summed E-state index contributed by atoms with van der Waals surface area (Å²) in [6, 6.07) is 6.24. The first-order valence-corrected chi connectivity index (χ1v) is 9.99. The number of carbonyl (C=O) groups excluding carboxylic acids is 2. The standard InChI is InChI=1S/C17H28N4O4S/c1-4-11-21(13-17(23)20(2)3)12-16(22)19-10-9-14-5-7-15(8-6-14)26(18,24)25/h5-8H,4,9-13H2,1-3H3,(H,19,22)(H2,18,24,25). The Morgan fingerprint density at radius 3 is 2.23 bits per heavy atom. The largest absolute Gasteiger partial charge is 0.355 e. The zero-order valence-corrected chi connectivity index (χ0v) is 16.4. The molecule has 1 aromatic carbocycles. The van der Waals surface area contributed by atoms with Gasteiger partial charge in [-0.3, -0.25) is 14.5 Å². The fraction of sp³-hybridized carbons (Fsp3) is 0.529. The molecule has 0 fully saturated rings. The van der Waals surface area contributed by atoms with Crippen LogP contribution in [0.3, 0.4) is 0 Å². The lowest BCUT2D eigenvalue weighted by molar-refractivity contribution is -0.130. The third kappa shape index (κ3) is 7.94. The van der Waals surface area contributed by atoms with E-state index in [2.05, 4.69) is 5.32 Å². The smallest absolute Gasteiger partial charge is 0.238 e. The van der Waals surface area contributed by atoms with E-state index in [1.54, 1.807) is 26.2 Å². The average molecular weight is 385 g/mol. The number of rotatable bonds is 10. The van der Waals surface area contributed by atoms with E-state index in [-0.39, 0.29) is 29.8 Å². The summed E-state index contributed by atoms with van der Waals surface area (Å²) in [5.74, 6) is -0.188.